The van der Waals surface area contributed by atoms with Crippen molar-refractivity contribution in [3.05, 3.63) is 66.7 Å². The largest absolute Gasteiger partial charge is 0.401 e. The van der Waals surface area contributed by atoms with Crippen LogP contribution >= 0.6 is 0 Å². The molecule has 0 N–H and O–H groups in total. The Hall–Kier alpha value is -2.68. The Balaban J connectivity index is 2.16. The number of aromatic nitrogens is 1. The van der Waals surface area contributed by atoms with Gasteiger partial charge in [-0.25, -0.2) is 4.79 Å². The molecule has 0 aliphatic carbocycles. The predicted octanol–water partition coefficient (Wildman–Crippen LogP) is 3.36. The van der Waals surface area contributed by atoms with Crippen molar-refractivity contribution >= 4 is 27.8 Å². The zero-order valence-corrected chi connectivity index (χ0v) is 11.9. The number of hydrogen-bond donors (Lipinski definition) is 0. The van der Waals surface area contributed by atoms with E-state index in [1.54, 1.807) is 6.92 Å². The van der Waals surface area contributed by atoms with Gasteiger partial charge in [0.15, 0.2) is 0 Å². The lowest BCUT2D eigenvalue weighted by atomic mass is 10.1. The third-order valence-electron chi connectivity index (χ3n) is 3.44. The number of carbonyl (C=O) groups excluding carboxylic acids is 1. The van der Waals surface area contributed by atoms with E-state index in [2.05, 4.69) is 24.8 Å². The fourth-order valence-electron chi connectivity index (χ4n) is 2.39. The van der Waals surface area contributed by atoms with Crippen molar-refractivity contribution in [1.82, 2.24) is 0 Å². The smallest absolute Gasteiger partial charge is 0.337 e. The maximum absolute atomic E-state index is 11.7. The Morgan fingerprint density at radius 1 is 1.05 bits per heavy atom. The van der Waals surface area contributed by atoms with E-state index in [0.717, 1.165) is 21.8 Å². The summed E-state index contributed by atoms with van der Waals surface area (Å²) >= 11 is 0. The zero-order chi connectivity index (χ0) is 14.8. The molecule has 3 aromatic rings. The Kier molecular flexibility index (Phi) is 3.40. The summed E-state index contributed by atoms with van der Waals surface area (Å²) in [5.74, 6) is -0.375. The number of benzene rings is 2. The molecule has 0 bridgehead atoms. The summed E-state index contributed by atoms with van der Waals surface area (Å²) < 4.78 is 7.34. The molecule has 3 rings (SSSR count). The fraction of sp³-hybridized carbons (Fsp3) is 0.111. The van der Waals surface area contributed by atoms with E-state index >= 15 is 0 Å². The molecule has 21 heavy (non-hydrogen) atoms. The van der Waals surface area contributed by atoms with Gasteiger partial charge in [0.2, 0.25) is 11.0 Å². The predicted molar refractivity (Wildman–Crippen MR) is 82.6 cm³/mol. The van der Waals surface area contributed by atoms with Crippen LogP contribution in [-0.4, -0.2) is 5.97 Å². The summed E-state index contributed by atoms with van der Waals surface area (Å²) in [7, 11) is 0. The first-order valence-electron chi connectivity index (χ1n) is 6.80. The highest BCUT2D eigenvalue weighted by atomic mass is 16.5. The van der Waals surface area contributed by atoms with Crippen molar-refractivity contribution in [2.24, 2.45) is 0 Å². The second-order valence-corrected chi connectivity index (χ2v) is 5.03. The van der Waals surface area contributed by atoms with Crippen molar-refractivity contribution in [2.75, 3.05) is 0 Å². The van der Waals surface area contributed by atoms with Gasteiger partial charge in [-0.05, 0) is 25.1 Å². The van der Waals surface area contributed by atoms with E-state index in [9.17, 15) is 4.79 Å². The molecule has 0 saturated heterocycles. The molecule has 3 heteroatoms. The molecule has 0 atom stereocenters. The van der Waals surface area contributed by atoms with Gasteiger partial charge in [0.25, 0.3) is 6.73 Å². The van der Waals surface area contributed by atoms with Gasteiger partial charge in [0.05, 0.1) is 0 Å². The van der Waals surface area contributed by atoms with Crippen LogP contribution in [0, 0.1) is 0 Å². The van der Waals surface area contributed by atoms with E-state index in [1.807, 2.05) is 41.0 Å². The van der Waals surface area contributed by atoms with Crippen LogP contribution in [0.3, 0.4) is 0 Å². The Morgan fingerprint density at radius 2 is 1.57 bits per heavy atom. The third kappa shape index (κ3) is 2.50. The van der Waals surface area contributed by atoms with Crippen molar-refractivity contribution in [3.63, 3.8) is 0 Å². The zero-order valence-electron chi connectivity index (χ0n) is 11.9. The molecule has 0 spiro atoms. The van der Waals surface area contributed by atoms with E-state index in [1.165, 1.54) is 0 Å². The molecule has 1 heterocycles. The summed E-state index contributed by atoms with van der Waals surface area (Å²) in [6.07, 6.45) is 0. The summed E-state index contributed by atoms with van der Waals surface area (Å²) in [6, 6.07) is 18.3. The number of ether oxygens (including phenoxy) is 1. The number of rotatable bonds is 3. The quantitative estimate of drug-likeness (QED) is 0.318. The minimum atomic E-state index is -0.375. The summed E-state index contributed by atoms with van der Waals surface area (Å²) in [5.41, 5.74) is 2.47. The maximum Gasteiger partial charge on any atom is 0.337 e. The molecule has 0 aliphatic rings. The minimum absolute atomic E-state index is 0.174. The van der Waals surface area contributed by atoms with Gasteiger partial charge in [0, 0.05) is 28.5 Å². The van der Waals surface area contributed by atoms with E-state index in [0.29, 0.717) is 5.57 Å². The average Bonchev–Trinajstić information content (AvgIpc) is 2.51. The number of esters is 1. The van der Waals surface area contributed by atoms with Crippen LogP contribution in [0.5, 0.6) is 0 Å². The van der Waals surface area contributed by atoms with Gasteiger partial charge in [-0.15, -0.1) is 0 Å². The fourth-order valence-corrected chi connectivity index (χ4v) is 2.39. The minimum Gasteiger partial charge on any atom is -0.401 e. The van der Waals surface area contributed by atoms with Crippen LogP contribution < -0.4 is 4.57 Å². The first-order valence-corrected chi connectivity index (χ1v) is 6.80. The molecule has 0 saturated carbocycles. The van der Waals surface area contributed by atoms with Crippen LogP contribution in [0.4, 0.5) is 0 Å². The number of para-hydroxylation sites is 2. The second-order valence-electron chi connectivity index (χ2n) is 5.03. The summed E-state index contributed by atoms with van der Waals surface area (Å²) in [5, 5.41) is 2.23. The van der Waals surface area contributed by atoms with Crippen LogP contribution in [-0.2, 0) is 16.3 Å². The maximum atomic E-state index is 11.7. The number of fused-ring (bicyclic) bond motifs is 2. The second kappa shape index (κ2) is 5.37. The van der Waals surface area contributed by atoms with Gasteiger partial charge in [-0.1, -0.05) is 30.8 Å². The van der Waals surface area contributed by atoms with Crippen LogP contribution in [0.15, 0.2) is 66.7 Å². The number of hydrogen-bond acceptors (Lipinski definition) is 2. The lowest BCUT2D eigenvalue weighted by molar-refractivity contribution is -0.679. The van der Waals surface area contributed by atoms with Gasteiger partial charge in [-0.2, -0.15) is 4.57 Å². The molecule has 2 aromatic carbocycles. The van der Waals surface area contributed by atoms with Crippen LogP contribution in [0.2, 0.25) is 0 Å². The normalized spacial score (nSPS) is 10.7. The summed E-state index contributed by atoms with van der Waals surface area (Å²) in [6.45, 7) is 5.43. The highest BCUT2D eigenvalue weighted by Gasteiger charge is 2.16. The molecule has 3 nitrogen and oxygen atoms in total. The van der Waals surface area contributed by atoms with E-state index in [-0.39, 0.29) is 12.7 Å². The van der Waals surface area contributed by atoms with Crippen LogP contribution in [0.25, 0.3) is 21.8 Å². The molecule has 0 radical (unpaired) electrons. The Bertz CT molecular complexity index is 798. The Morgan fingerprint density at radius 3 is 2.10 bits per heavy atom. The standard InChI is InChI=1S/C18H16NO2/c1-13(2)18(20)21-12-19-16-9-5-3-7-14(16)11-15-8-4-6-10-17(15)19/h3-11H,1,12H2,2H3/q+1. The molecule has 104 valence electrons. The van der Waals surface area contributed by atoms with Crippen LogP contribution in [0.1, 0.15) is 6.92 Å². The Labute approximate surface area is 123 Å². The average molecular weight is 278 g/mol. The molecule has 1 aromatic heterocycles. The van der Waals surface area contributed by atoms with Crippen molar-refractivity contribution in [3.8, 4) is 0 Å². The first-order chi connectivity index (χ1) is 10.2. The summed E-state index contributed by atoms with van der Waals surface area (Å²) in [4.78, 5) is 11.7. The highest BCUT2D eigenvalue weighted by molar-refractivity contribution is 5.89. The lowest BCUT2D eigenvalue weighted by Gasteiger charge is -2.06. The molecule has 0 fully saturated rings. The number of carbonyl (C=O) groups is 1. The third-order valence-corrected chi connectivity index (χ3v) is 3.44. The topological polar surface area (TPSA) is 30.2 Å². The lowest BCUT2D eigenvalue weighted by Crippen LogP contribution is -2.38. The number of nitrogens with zero attached hydrogens (tertiary/aromatic N) is 1. The molecular weight excluding hydrogens is 262 g/mol. The highest BCUT2D eigenvalue weighted by Crippen LogP contribution is 2.17. The molecular formula is C18H16NO2+. The van der Waals surface area contributed by atoms with Gasteiger partial charge in [-0.3, -0.25) is 0 Å². The van der Waals surface area contributed by atoms with E-state index < -0.39 is 0 Å². The van der Waals surface area contributed by atoms with E-state index in [4.69, 9.17) is 4.74 Å². The first kappa shape index (κ1) is 13.3. The molecule has 0 unspecified atom stereocenters. The van der Waals surface area contributed by atoms with Crippen molar-refractivity contribution in [1.29, 1.82) is 0 Å². The van der Waals surface area contributed by atoms with Gasteiger partial charge in [0.1, 0.15) is 0 Å². The van der Waals surface area contributed by atoms with Crippen molar-refractivity contribution < 1.29 is 14.1 Å². The van der Waals surface area contributed by atoms with Crippen molar-refractivity contribution in [2.45, 2.75) is 13.7 Å². The molecule has 0 aliphatic heterocycles. The number of pyridine rings is 1. The van der Waals surface area contributed by atoms with Gasteiger partial charge < -0.3 is 4.74 Å². The monoisotopic (exact) mass is 278 g/mol. The molecule has 0 amide bonds. The van der Waals surface area contributed by atoms with Gasteiger partial charge >= 0.3 is 5.97 Å². The SMILES string of the molecule is C=C(C)C(=O)OC[n+]1c2ccccc2cc2ccccc21.